The minimum absolute atomic E-state index is 0.498. The van der Waals surface area contributed by atoms with Gasteiger partial charge >= 0.3 is 0 Å². The normalized spacial score (nSPS) is 11.7. The highest BCUT2D eigenvalue weighted by Gasteiger charge is 2.09. The number of rotatable bonds is 3. The molecule has 0 saturated heterocycles. The average molecular weight is 352 g/mol. The van der Waals surface area contributed by atoms with Gasteiger partial charge in [0, 0.05) is 11.4 Å². The lowest BCUT2D eigenvalue weighted by atomic mass is 10.0. The van der Waals surface area contributed by atoms with Gasteiger partial charge in [0.25, 0.3) is 0 Å². The van der Waals surface area contributed by atoms with E-state index in [0.717, 1.165) is 33.4 Å². The Labute approximate surface area is 157 Å². The van der Waals surface area contributed by atoms with Gasteiger partial charge in [0.2, 0.25) is 0 Å². The summed E-state index contributed by atoms with van der Waals surface area (Å²) in [7, 11) is 0. The van der Waals surface area contributed by atoms with E-state index in [1.165, 1.54) is 5.56 Å². The number of hydrogen-bond donors (Lipinski definition) is 0. The van der Waals surface area contributed by atoms with Gasteiger partial charge in [-0.15, -0.1) is 0 Å². The van der Waals surface area contributed by atoms with Crippen molar-refractivity contribution in [1.82, 2.24) is 19.1 Å². The molecule has 0 saturated carbocycles. The fourth-order valence-electron chi connectivity index (χ4n) is 3.55. The average Bonchev–Trinajstić information content (AvgIpc) is 3.32. The smallest absolute Gasteiger partial charge is 0.100 e. The Hall–Kier alpha value is -3.40. The molecule has 0 spiro atoms. The maximum absolute atomic E-state index is 4.62. The molecule has 2 aromatic heterocycles. The van der Waals surface area contributed by atoms with Crippen LogP contribution >= 0.6 is 0 Å². The van der Waals surface area contributed by atoms with Gasteiger partial charge in [-0.05, 0) is 53.9 Å². The van der Waals surface area contributed by atoms with Crippen LogP contribution < -0.4 is 0 Å². The molecule has 2 heterocycles. The lowest BCUT2D eigenvalue weighted by Gasteiger charge is -2.10. The van der Waals surface area contributed by atoms with E-state index in [-0.39, 0.29) is 0 Å². The number of aromatic nitrogens is 4. The van der Waals surface area contributed by atoms with Crippen LogP contribution in [0.25, 0.3) is 33.4 Å². The molecule has 0 bridgehead atoms. The van der Waals surface area contributed by atoms with Gasteiger partial charge < -0.3 is 0 Å². The summed E-state index contributed by atoms with van der Waals surface area (Å²) in [6.07, 6.45) is 3.78. The first-order valence-corrected chi connectivity index (χ1v) is 9.20. The SMILES string of the molecule is CC(C)c1ccc2c(c1)ncn2-c1cccc(-n2cnc3ccccc32)c1. The van der Waals surface area contributed by atoms with E-state index in [1.54, 1.807) is 0 Å². The van der Waals surface area contributed by atoms with Crippen LogP contribution in [0.5, 0.6) is 0 Å². The molecule has 0 radical (unpaired) electrons. The zero-order valence-corrected chi connectivity index (χ0v) is 15.4. The van der Waals surface area contributed by atoms with E-state index in [4.69, 9.17) is 0 Å². The van der Waals surface area contributed by atoms with Crippen LogP contribution in [0.4, 0.5) is 0 Å². The van der Waals surface area contributed by atoms with E-state index >= 15 is 0 Å². The number of para-hydroxylation sites is 2. The van der Waals surface area contributed by atoms with Crippen LogP contribution in [0.15, 0.2) is 79.4 Å². The van der Waals surface area contributed by atoms with Crippen molar-refractivity contribution >= 4 is 22.1 Å². The molecular weight excluding hydrogens is 332 g/mol. The van der Waals surface area contributed by atoms with Crippen LogP contribution in [0.1, 0.15) is 25.3 Å². The summed E-state index contributed by atoms with van der Waals surface area (Å²) in [6, 6.07) is 23.2. The van der Waals surface area contributed by atoms with Gasteiger partial charge in [-0.1, -0.05) is 38.1 Å². The van der Waals surface area contributed by atoms with Gasteiger partial charge in [-0.2, -0.15) is 0 Å². The highest BCUT2D eigenvalue weighted by Crippen LogP contribution is 2.25. The predicted molar refractivity (Wildman–Crippen MR) is 110 cm³/mol. The Morgan fingerprint density at radius 2 is 1.33 bits per heavy atom. The van der Waals surface area contributed by atoms with Gasteiger partial charge in [-0.25, -0.2) is 9.97 Å². The lowest BCUT2D eigenvalue weighted by molar-refractivity contribution is 0.868. The minimum Gasteiger partial charge on any atom is -0.299 e. The summed E-state index contributed by atoms with van der Waals surface area (Å²) in [5, 5.41) is 0. The van der Waals surface area contributed by atoms with E-state index in [0.29, 0.717) is 5.92 Å². The molecule has 0 atom stereocenters. The third-order valence-corrected chi connectivity index (χ3v) is 5.08. The van der Waals surface area contributed by atoms with Crippen molar-refractivity contribution in [2.45, 2.75) is 19.8 Å². The van der Waals surface area contributed by atoms with Crippen molar-refractivity contribution in [3.05, 3.63) is 84.9 Å². The second-order valence-electron chi connectivity index (χ2n) is 7.14. The van der Waals surface area contributed by atoms with Crippen LogP contribution in [0, 0.1) is 0 Å². The summed E-state index contributed by atoms with van der Waals surface area (Å²) < 4.78 is 4.26. The van der Waals surface area contributed by atoms with Crippen molar-refractivity contribution in [2.75, 3.05) is 0 Å². The van der Waals surface area contributed by atoms with Gasteiger partial charge in [0.15, 0.2) is 0 Å². The third kappa shape index (κ3) is 2.61. The first-order valence-electron chi connectivity index (χ1n) is 9.20. The zero-order chi connectivity index (χ0) is 18.4. The second-order valence-corrected chi connectivity index (χ2v) is 7.14. The summed E-state index contributed by atoms with van der Waals surface area (Å²) >= 11 is 0. The molecule has 27 heavy (non-hydrogen) atoms. The van der Waals surface area contributed by atoms with Gasteiger partial charge in [-0.3, -0.25) is 9.13 Å². The fraction of sp³-hybridized carbons (Fsp3) is 0.130. The minimum atomic E-state index is 0.498. The summed E-state index contributed by atoms with van der Waals surface area (Å²) in [4.78, 5) is 9.13. The van der Waals surface area contributed by atoms with Crippen molar-refractivity contribution in [3.8, 4) is 11.4 Å². The monoisotopic (exact) mass is 352 g/mol. The Bertz CT molecular complexity index is 1260. The zero-order valence-electron chi connectivity index (χ0n) is 15.4. The van der Waals surface area contributed by atoms with Crippen LogP contribution in [0.3, 0.4) is 0 Å². The molecule has 3 aromatic carbocycles. The largest absolute Gasteiger partial charge is 0.299 e. The fourth-order valence-corrected chi connectivity index (χ4v) is 3.55. The molecular formula is C23H20N4. The summed E-state index contributed by atoms with van der Waals surface area (Å²) in [5.74, 6) is 0.498. The highest BCUT2D eigenvalue weighted by molar-refractivity contribution is 5.79. The van der Waals surface area contributed by atoms with E-state index in [1.807, 2.05) is 30.9 Å². The standard InChI is InChI=1S/C23H20N4/c1-16(2)17-10-11-23-21(12-17)25-15-27(23)19-7-5-6-18(13-19)26-14-24-20-8-3-4-9-22(20)26/h3-16H,1-2H3. The molecule has 0 aliphatic rings. The molecule has 4 heteroatoms. The Kier molecular flexibility index (Phi) is 3.57. The first kappa shape index (κ1) is 15.8. The van der Waals surface area contributed by atoms with Crippen molar-refractivity contribution < 1.29 is 0 Å². The lowest BCUT2D eigenvalue weighted by Crippen LogP contribution is -1.97. The predicted octanol–water partition coefficient (Wildman–Crippen LogP) is 5.49. The van der Waals surface area contributed by atoms with Crippen molar-refractivity contribution in [2.24, 2.45) is 0 Å². The molecule has 4 nitrogen and oxygen atoms in total. The van der Waals surface area contributed by atoms with E-state index in [2.05, 4.69) is 81.5 Å². The van der Waals surface area contributed by atoms with E-state index in [9.17, 15) is 0 Å². The number of nitrogens with zero attached hydrogens (tertiary/aromatic N) is 4. The second kappa shape index (κ2) is 6.09. The summed E-state index contributed by atoms with van der Waals surface area (Å²) in [5.41, 5.74) is 7.73. The van der Waals surface area contributed by atoms with Gasteiger partial charge in [0.05, 0.1) is 22.1 Å². The Morgan fingerprint density at radius 3 is 2.07 bits per heavy atom. The molecule has 0 aliphatic heterocycles. The van der Waals surface area contributed by atoms with Crippen LogP contribution in [0.2, 0.25) is 0 Å². The maximum atomic E-state index is 4.62. The summed E-state index contributed by atoms with van der Waals surface area (Å²) in [6.45, 7) is 4.41. The molecule has 132 valence electrons. The van der Waals surface area contributed by atoms with E-state index < -0.39 is 0 Å². The molecule has 0 unspecified atom stereocenters. The number of imidazole rings is 2. The molecule has 5 rings (SSSR count). The van der Waals surface area contributed by atoms with Crippen molar-refractivity contribution in [1.29, 1.82) is 0 Å². The molecule has 0 amide bonds. The molecule has 5 aromatic rings. The Morgan fingerprint density at radius 1 is 0.667 bits per heavy atom. The van der Waals surface area contributed by atoms with Crippen LogP contribution in [-0.4, -0.2) is 19.1 Å². The number of benzene rings is 3. The molecule has 0 aliphatic carbocycles. The maximum Gasteiger partial charge on any atom is 0.100 e. The van der Waals surface area contributed by atoms with Gasteiger partial charge in [0.1, 0.15) is 12.7 Å². The first-order chi connectivity index (χ1) is 13.2. The third-order valence-electron chi connectivity index (χ3n) is 5.08. The molecule has 0 N–H and O–H groups in total. The number of fused-ring (bicyclic) bond motifs is 2. The highest BCUT2D eigenvalue weighted by atomic mass is 15.1. The number of hydrogen-bond acceptors (Lipinski definition) is 2. The quantitative estimate of drug-likeness (QED) is 0.430. The van der Waals surface area contributed by atoms with Crippen LogP contribution in [-0.2, 0) is 0 Å². The topological polar surface area (TPSA) is 35.6 Å². The Balaban J connectivity index is 1.63. The van der Waals surface area contributed by atoms with Crippen molar-refractivity contribution in [3.63, 3.8) is 0 Å². The molecule has 0 fully saturated rings.